The number of para-hydroxylation sites is 1. The summed E-state index contributed by atoms with van der Waals surface area (Å²) in [6, 6.07) is 13.2. The number of hydrogen-bond acceptors (Lipinski definition) is 9. The molecule has 236 valence electrons. The number of methoxy groups -OCH3 is 2. The number of halogens is 3. The molecule has 1 atom stereocenters. The molecule has 1 N–H and O–H groups in total. The van der Waals surface area contributed by atoms with E-state index < -0.39 is 29.2 Å². The number of nitrogens with zero attached hydrogens (tertiary/aromatic N) is 4. The quantitative estimate of drug-likeness (QED) is 0.207. The third kappa shape index (κ3) is 7.55. The molecule has 5 rings (SSSR count). The van der Waals surface area contributed by atoms with Gasteiger partial charge in [0, 0.05) is 42.5 Å². The van der Waals surface area contributed by atoms with Crippen LogP contribution in [0.3, 0.4) is 0 Å². The van der Waals surface area contributed by atoms with Gasteiger partial charge >= 0.3 is 6.09 Å². The number of ether oxygens (including phenoxy) is 4. The Labute approximate surface area is 258 Å². The maximum Gasteiger partial charge on any atom is 0.426 e. The van der Waals surface area contributed by atoms with Crippen molar-refractivity contribution < 1.29 is 36.9 Å². The molecule has 1 aliphatic heterocycles. The Bertz CT molecular complexity index is 1640. The molecule has 3 aromatic carbocycles. The van der Waals surface area contributed by atoms with Gasteiger partial charge in [0.15, 0.2) is 11.6 Å². The summed E-state index contributed by atoms with van der Waals surface area (Å²) in [7, 11) is 4.83. The first-order chi connectivity index (χ1) is 21.7. The second-order valence-electron chi connectivity index (χ2n) is 10.4. The minimum absolute atomic E-state index is 0.0204. The number of benzene rings is 3. The molecule has 0 saturated carbocycles. The molecule has 0 bridgehead atoms. The zero-order chi connectivity index (χ0) is 31.9. The van der Waals surface area contributed by atoms with Crippen molar-refractivity contribution in [1.29, 1.82) is 0 Å². The topological polar surface area (TPSA) is 98.3 Å². The number of amides is 1. The number of likely N-dealkylation sites (tertiary alicyclic amines) is 1. The zero-order valence-corrected chi connectivity index (χ0v) is 24.9. The summed E-state index contributed by atoms with van der Waals surface area (Å²) < 4.78 is 66.5. The Balaban J connectivity index is 1.33. The lowest BCUT2D eigenvalue weighted by Gasteiger charge is -2.29. The number of carbonyl (C=O) groups is 1. The molecule has 0 radical (unpaired) electrons. The van der Waals surface area contributed by atoms with Crippen molar-refractivity contribution in [3.8, 4) is 23.1 Å². The van der Waals surface area contributed by atoms with Crippen LogP contribution in [0.2, 0.25) is 0 Å². The van der Waals surface area contributed by atoms with Crippen LogP contribution >= 0.6 is 0 Å². The molecule has 45 heavy (non-hydrogen) atoms. The van der Waals surface area contributed by atoms with Gasteiger partial charge in [-0.2, -0.15) is 4.98 Å². The molecule has 13 heteroatoms. The first-order valence-corrected chi connectivity index (χ1v) is 14.1. The van der Waals surface area contributed by atoms with Crippen molar-refractivity contribution in [2.45, 2.75) is 12.8 Å². The van der Waals surface area contributed by atoms with Crippen LogP contribution in [0.15, 0.2) is 66.9 Å². The van der Waals surface area contributed by atoms with Gasteiger partial charge < -0.3 is 29.2 Å². The molecule has 4 aromatic rings. The fourth-order valence-electron chi connectivity index (χ4n) is 5.02. The van der Waals surface area contributed by atoms with E-state index in [0.29, 0.717) is 28.9 Å². The van der Waals surface area contributed by atoms with Crippen molar-refractivity contribution in [2.75, 3.05) is 51.2 Å². The predicted molar refractivity (Wildman–Crippen MR) is 161 cm³/mol. The number of anilines is 4. The summed E-state index contributed by atoms with van der Waals surface area (Å²) >= 11 is 0. The van der Waals surface area contributed by atoms with Gasteiger partial charge in [-0.05, 0) is 62.8 Å². The molecule has 10 nitrogen and oxygen atoms in total. The van der Waals surface area contributed by atoms with Gasteiger partial charge in [-0.15, -0.1) is 0 Å². The number of piperidine rings is 1. The molecule has 0 spiro atoms. The maximum atomic E-state index is 15.0. The molecule has 1 unspecified atom stereocenters. The third-order valence-electron chi connectivity index (χ3n) is 7.18. The Morgan fingerprint density at radius 3 is 2.51 bits per heavy atom. The van der Waals surface area contributed by atoms with Gasteiger partial charge in [0.25, 0.3) is 0 Å². The molecular weight excluding hydrogens is 591 g/mol. The predicted octanol–water partition coefficient (Wildman–Crippen LogP) is 6.71. The van der Waals surface area contributed by atoms with Crippen molar-refractivity contribution >= 4 is 29.1 Å². The highest BCUT2D eigenvalue weighted by Gasteiger charge is 2.30. The summed E-state index contributed by atoms with van der Waals surface area (Å²) in [5.41, 5.74) is -0.390. The normalized spacial score (nSPS) is 14.8. The van der Waals surface area contributed by atoms with Crippen molar-refractivity contribution in [3.05, 3.63) is 84.3 Å². The number of hydrogen-bond donors (Lipinski definition) is 1. The van der Waals surface area contributed by atoms with E-state index in [4.69, 9.17) is 18.9 Å². The number of rotatable bonds is 10. The summed E-state index contributed by atoms with van der Waals surface area (Å²) in [5, 5.41) is 2.86. The van der Waals surface area contributed by atoms with Crippen LogP contribution in [-0.2, 0) is 0 Å². The van der Waals surface area contributed by atoms with Crippen LogP contribution in [-0.4, -0.2) is 61.9 Å². The average molecular weight is 624 g/mol. The number of carbonyl (C=O) groups excluding carboxylic acids is 1. The average Bonchev–Trinajstić information content (AvgIpc) is 3.02. The molecule has 2 heterocycles. The maximum absolute atomic E-state index is 15.0. The SMILES string of the molecule is COc1ccc(N(C(=O)Oc2ccnc(Nc3ccc(OCC4CCCN(C)C4)c(F)c3)n2)c2c(F)cccc2F)c(OC)c1. The minimum Gasteiger partial charge on any atom is -0.497 e. The van der Waals surface area contributed by atoms with Gasteiger partial charge in [-0.25, -0.2) is 27.8 Å². The number of nitrogens with one attached hydrogen (secondary N) is 1. The molecule has 0 aliphatic carbocycles. The summed E-state index contributed by atoms with van der Waals surface area (Å²) in [5.74, 6) is -1.94. The van der Waals surface area contributed by atoms with E-state index in [-0.39, 0.29) is 29.0 Å². The van der Waals surface area contributed by atoms with Crippen molar-refractivity contribution in [3.63, 3.8) is 0 Å². The highest BCUT2D eigenvalue weighted by Crippen LogP contribution is 2.39. The molecular formula is C32H32F3N5O5. The minimum atomic E-state index is -1.19. The zero-order valence-electron chi connectivity index (χ0n) is 24.9. The van der Waals surface area contributed by atoms with E-state index in [2.05, 4.69) is 27.2 Å². The summed E-state index contributed by atoms with van der Waals surface area (Å²) in [4.78, 5) is 24.7. The lowest BCUT2D eigenvalue weighted by molar-refractivity contribution is 0.147. The van der Waals surface area contributed by atoms with E-state index in [1.165, 1.54) is 62.9 Å². The highest BCUT2D eigenvalue weighted by molar-refractivity contribution is 5.99. The second-order valence-corrected chi connectivity index (χ2v) is 10.4. The first-order valence-electron chi connectivity index (χ1n) is 14.1. The molecule has 1 fully saturated rings. The first kappa shape index (κ1) is 31.4. The lowest BCUT2D eigenvalue weighted by Crippen LogP contribution is -2.34. The number of aromatic nitrogens is 2. The van der Waals surface area contributed by atoms with E-state index >= 15 is 0 Å². The summed E-state index contributed by atoms with van der Waals surface area (Å²) in [6.45, 7) is 2.37. The van der Waals surface area contributed by atoms with E-state index in [1.807, 2.05) is 0 Å². The second kappa shape index (κ2) is 14.2. The Hall–Kier alpha value is -5.04. The third-order valence-corrected chi connectivity index (χ3v) is 7.18. The molecule has 1 saturated heterocycles. The highest BCUT2D eigenvalue weighted by atomic mass is 19.1. The van der Waals surface area contributed by atoms with Crippen LogP contribution in [0.25, 0.3) is 0 Å². The van der Waals surface area contributed by atoms with Crippen LogP contribution in [0.4, 0.5) is 41.0 Å². The van der Waals surface area contributed by atoms with E-state index in [9.17, 15) is 18.0 Å². The van der Waals surface area contributed by atoms with Crippen LogP contribution in [0.5, 0.6) is 23.1 Å². The van der Waals surface area contributed by atoms with E-state index in [1.54, 1.807) is 6.07 Å². The fraction of sp³-hybridized carbons (Fsp3) is 0.281. The van der Waals surface area contributed by atoms with E-state index in [0.717, 1.165) is 38.1 Å². The molecule has 1 amide bonds. The van der Waals surface area contributed by atoms with Crippen molar-refractivity contribution in [1.82, 2.24) is 14.9 Å². The van der Waals surface area contributed by atoms with Gasteiger partial charge in [-0.3, -0.25) is 0 Å². The Morgan fingerprint density at radius 2 is 1.80 bits per heavy atom. The van der Waals surface area contributed by atoms with Gasteiger partial charge in [0.05, 0.1) is 26.5 Å². The largest absolute Gasteiger partial charge is 0.497 e. The van der Waals surface area contributed by atoms with Crippen LogP contribution in [0, 0.1) is 23.4 Å². The smallest absolute Gasteiger partial charge is 0.426 e. The van der Waals surface area contributed by atoms with Crippen molar-refractivity contribution in [2.24, 2.45) is 5.92 Å². The monoisotopic (exact) mass is 623 g/mol. The molecule has 1 aliphatic rings. The fourth-order valence-corrected chi connectivity index (χ4v) is 5.02. The Morgan fingerprint density at radius 1 is 1.00 bits per heavy atom. The Kier molecular flexibility index (Phi) is 9.88. The van der Waals surface area contributed by atoms with Gasteiger partial charge in [-0.1, -0.05) is 6.07 Å². The summed E-state index contributed by atoms with van der Waals surface area (Å²) in [6.07, 6.45) is 2.22. The standard InChI is InChI=1S/C32H32F3N5O5/c1-39-15-5-6-20(18-39)19-44-27-12-9-21(16-25(27)35)37-31-36-14-13-29(38-31)45-32(41)40(30-23(33)7-4-8-24(30)34)26-11-10-22(42-2)17-28(26)43-3/h4,7-14,16-17,20H,5-6,15,18-19H2,1-3H3,(H,36,37,38). The van der Waals surface area contributed by atoms with Gasteiger partial charge in [0.2, 0.25) is 11.8 Å². The van der Waals surface area contributed by atoms with Gasteiger partial charge in [0.1, 0.15) is 28.8 Å². The molecule has 1 aromatic heterocycles. The lowest BCUT2D eigenvalue weighted by atomic mass is 10.00. The van der Waals surface area contributed by atoms with Crippen LogP contribution in [0.1, 0.15) is 12.8 Å². The van der Waals surface area contributed by atoms with Crippen LogP contribution < -0.4 is 29.2 Å².